The summed E-state index contributed by atoms with van der Waals surface area (Å²) in [4.78, 5) is 38.3. The Kier molecular flexibility index (Phi) is 5.07. The molecule has 0 saturated carbocycles. The summed E-state index contributed by atoms with van der Waals surface area (Å²) < 4.78 is 11.1. The zero-order valence-corrected chi connectivity index (χ0v) is 15.9. The zero-order valence-electron chi connectivity index (χ0n) is 15.9. The van der Waals surface area contributed by atoms with Crippen molar-refractivity contribution in [2.24, 2.45) is 5.92 Å². The quantitative estimate of drug-likeness (QED) is 0.823. The minimum absolute atomic E-state index is 0.114. The number of carbonyl (C=O) groups excluding carboxylic acids is 3. The second kappa shape index (κ2) is 7.83. The van der Waals surface area contributed by atoms with Gasteiger partial charge in [-0.25, -0.2) is 0 Å². The van der Waals surface area contributed by atoms with Gasteiger partial charge in [-0.05, 0) is 36.4 Å². The van der Waals surface area contributed by atoms with E-state index in [9.17, 15) is 14.4 Å². The molecule has 2 heterocycles. The number of hydrogen-bond donors (Lipinski definition) is 2. The normalized spacial score (nSPS) is 17.8. The number of anilines is 2. The molecule has 0 aromatic heterocycles. The van der Waals surface area contributed by atoms with Gasteiger partial charge in [0, 0.05) is 43.0 Å². The van der Waals surface area contributed by atoms with Crippen molar-refractivity contribution < 1.29 is 23.9 Å². The lowest BCUT2D eigenvalue weighted by Crippen LogP contribution is -2.28. The first-order valence-corrected chi connectivity index (χ1v) is 9.38. The van der Waals surface area contributed by atoms with Crippen LogP contribution >= 0.6 is 0 Å². The highest BCUT2D eigenvalue weighted by Gasteiger charge is 2.35. The van der Waals surface area contributed by atoms with Crippen LogP contribution in [0.3, 0.4) is 0 Å². The maximum Gasteiger partial charge on any atom is 0.251 e. The molecule has 2 aromatic rings. The lowest BCUT2D eigenvalue weighted by molar-refractivity contribution is -0.122. The molecule has 8 heteroatoms. The summed E-state index contributed by atoms with van der Waals surface area (Å²) in [6.07, 6.45) is 0.136. The van der Waals surface area contributed by atoms with E-state index in [2.05, 4.69) is 10.6 Å². The Morgan fingerprint density at radius 1 is 1.03 bits per heavy atom. The van der Waals surface area contributed by atoms with Gasteiger partial charge in [0.15, 0.2) is 11.5 Å². The molecule has 2 aromatic carbocycles. The number of benzene rings is 2. The summed E-state index contributed by atoms with van der Waals surface area (Å²) in [5.41, 5.74) is 1.77. The molecule has 0 spiro atoms. The van der Waals surface area contributed by atoms with Gasteiger partial charge in [0.2, 0.25) is 11.8 Å². The molecule has 2 aliphatic rings. The number of nitrogens with one attached hydrogen (secondary N) is 2. The lowest BCUT2D eigenvalue weighted by atomic mass is 10.1. The Hall–Kier alpha value is -3.55. The molecule has 1 atom stereocenters. The number of nitrogens with zero attached hydrogens (tertiary/aromatic N) is 1. The highest BCUT2D eigenvalue weighted by molar-refractivity contribution is 6.04. The van der Waals surface area contributed by atoms with Gasteiger partial charge in [-0.1, -0.05) is 0 Å². The third-order valence-corrected chi connectivity index (χ3v) is 4.97. The van der Waals surface area contributed by atoms with Crippen LogP contribution in [0.1, 0.15) is 16.8 Å². The van der Waals surface area contributed by atoms with E-state index in [1.54, 1.807) is 54.4 Å². The second-order valence-corrected chi connectivity index (χ2v) is 6.88. The fraction of sp³-hybridized carbons (Fsp3) is 0.286. The third-order valence-electron chi connectivity index (χ3n) is 4.97. The van der Waals surface area contributed by atoms with Gasteiger partial charge in [0.25, 0.3) is 5.91 Å². The van der Waals surface area contributed by atoms with Crippen LogP contribution in [-0.4, -0.2) is 44.5 Å². The molecule has 1 fully saturated rings. The van der Waals surface area contributed by atoms with E-state index in [1.165, 1.54) is 0 Å². The Balaban J connectivity index is 1.42. The molecular weight excluding hydrogens is 374 g/mol. The minimum atomic E-state index is -0.464. The van der Waals surface area contributed by atoms with Gasteiger partial charge in [-0.15, -0.1) is 0 Å². The Morgan fingerprint density at radius 2 is 1.76 bits per heavy atom. The van der Waals surface area contributed by atoms with E-state index >= 15 is 0 Å². The zero-order chi connectivity index (χ0) is 20.4. The second-order valence-electron chi connectivity index (χ2n) is 6.88. The topological polar surface area (TPSA) is 97.0 Å². The molecular formula is C21H21N3O5. The van der Waals surface area contributed by atoms with Crippen LogP contribution in [0.4, 0.5) is 11.4 Å². The Morgan fingerprint density at radius 3 is 2.48 bits per heavy atom. The highest BCUT2D eigenvalue weighted by Crippen LogP contribution is 2.36. The fourth-order valence-electron chi connectivity index (χ4n) is 3.43. The number of fused-ring (bicyclic) bond motifs is 1. The van der Waals surface area contributed by atoms with Gasteiger partial charge >= 0.3 is 0 Å². The number of amides is 3. The minimum Gasteiger partial charge on any atom is -0.486 e. The smallest absolute Gasteiger partial charge is 0.251 e. The van der Waals surface area contributed by atoms with Crippen molar-refractivity contribution in [1.29, 1.82) is 0 Å². The molecule has 3 amide bonds. The number of ether oxygens (including phenoxy) is 2. The van der Waals surface area contributed by atoms with Crippen LogP contribution in [0.25, 0.3) is 0 Å². The van der Waals surface area contributed by atoms with E-state index in [0.717, 1.165) is 0 Å². The van der Waals surface area contributed by atoms with Crippen molar-refractivity contribution >= 4 is 29.1 Å². The monoisotopic (exact) mass is 395 g/mol. The molecule has 2 N–H and O–H groups in total. The number of carbonyl (C=O) groups is 3. The van der Waals surface area contributed by atoms with Crippen LogP contribution in [0, 0.1) is 5.92 Å². The van der Waals surface area contributed by atoms with Gasteiger partial charge < -0.3 is 25.0 Å². The van der Waals surface area contributed by atoms with Gasteiger partial charge in [0.05, 0.1) is 5.92 Å². The lowest BCUT2D eigenvalue weighted by Gasteiger charge is -2.22. The standard InChI is InChI=1S/C21H21N3O5/c1-22-20(26)13-2-4-15(5-3-13)23-21(27)14-10-19(25)24(12-14)16-6-7-17-18(11-16)29-9-8-28-17/h2-7,11,14H,8-10,12H2,1H3,(H,22,26)(H,23,27)/t14-/m1/s1. The molecule has 8 nitrogen and oxygen atoms in total. The maximum absolute atomic E-state index is 12.6. The molecule has 0 unspecified atom stereocenters. The van der Waals surface area contributed by atoms with Crippen LogP contribution in [-0.2, 0) is 9.59 Å². The summed E-state index contributed by atoms with van der Waals surface area (Å²) in [5.74, 6) is 0.253. The summed E-state index contributed by atoms with van der Waals surface area (Å²) in [5, 5.41) is 5.36. The summed E-state index contributed by atoms with van der Waals surface area (Å²) in [6.45, 7) is 1.26. The first kappa shape index (κ1) is 18.8. The molecule has 4 rings (SSSR count). The van der Waals surface area contributed by atoms with E-state index in [0.29, 0.717) is 48.2 Å². The van der Waals surface area contributed by atoms with Gasteiger partial charge in [-0.3, -0.25) is 14.4 Å². The average Bonchev–Trinajstić information content (AvgIpc) is 3.15. The largest absolute Gasteiger partial charge is 0.486 e. The molecule has 1 saturated heterocycles. The molecule has 29 heavy (non-hydrogen) atoms. The first-order valence-electron chi connectivity index (χ1n) is 9.38. The predicted molar refractivity (Wildman–Crippen MR) is 106 cm³/mol. The third kappa shape index (κ3) is 3.87. The molecule has 0 bridgehead atoms. The van der Waals surface area contributed by atoms with Crippen molar-refractivity contribution in [1.82, 2.24) is 5.32 Å². The van der Waals surface area contributed by atoms with Crippen molar-refractivity contribution in [2.45, 2.75) is 6.42 Å². The Bertz CT molecular complexity index is 957. The maximum atomic E-state index is 12.6. The summed E-state index contributed by atoms with van der Waals surface area (Å²) >= 11 is 0. The van der Waals surface area contributed by atoms with Gasteiger partial charge in [-0.2, -0.15) is 0 Å². The van der Waals surface area contributed by atoms with Crippen molar-refractivity contribution in [3.05, 3.63) is 48.0 Å². The van der Waals surface area contributed by atoms with Gasteiger partial charge in [0.1, 0.15) is 13.2 Å². The molecule has 0 radical (unpaired) electrons. The van der Waals surface area contributed by atoms with E-state index in [-0.39, 0.29) is 24.1 Å². The molecule has 2 aliphatic heterocycles. The van der Waals surface area contributed by atoms with Crippen molar-refractivity contribution in [3.8, 4) is 11.5 Å². The molecule has 0 aliphatic carbocycles. The molecule has 150 valence electrons. The summed E-state index contributed by atoms with van der Waals surface area (Å²) in [7, 11) is 1.56. The number of rotatable bonds is 4. The van der Waals surface area contributed by atoms with Crippen LogP contribution < -0.4 is 25.0 Å². The number of hydrogen-bond acceptors (Lipinski definition) is 5. The van der Waals surface area contributed by atoms with E-state index < -0.39 is 5.92 Å². The fourth-order valence-corrected chi connectivity index (χ4v) is 3.43. The van der Waals surface area contributed by atoms with E-state index in [1.807, 2.05) is 0 Å². The van der Waals surface area contributed by atoms with Crippen LogP contribution in [0.5, 0.6) is 11.5 Å². The van der Waals surface area contributed by atoms with E-state index in [4.69, 9.17) is 9.47 Å². The predicted octanol–water partition coefficient (Wildman–Crippen LogP) is 1.81. The van der Waals surface area contributed by atoms with Crippen LogP contribution in [0.2, 0.25) is 0 Å². The van der Waals surface area contributed by atoms with Crippen LogP contribution in [0.15, 0.2) is 42.5 Å². The first-order chi connectivity index (χ1) is 14.0. The van der Waals surface area contributed by atoms with Crippen molar-refractivity contribution in [2.75, 3.05) is 37.0 Å². The highest BCUT2D eigenvalue weighted by atomic mass is 16.6. The van der Waals surface area contributed by atoms with Crippen molar-refractivity contribution in [3.63, 3.8) is 0 Å². The SMILES string of the molecule is CNC(=O)c1ccc(NC(=O)[C@@H]2CC(=O)N(c3ccc4c(c3)OCCO4)C2)cc1. The summed E-state index contributed by atoms with van der Waals surface area (Å²) in [6, 6.07) is 11.9. The Labute approximate surface area is 167 Å². The average molecular weight is 395 g/mol.